The van der Waals surface area contributed by atoms with Gasteiger partial charge >= 0.3 is 11.9 Å². The molecule has 178 valence electrons. The fourth-order valence-electron chi connectivity index (χ4n) is 3.80. The molecule has 36 heavy (non-hydrogen) atoms. The number of hydrogen-bond acceptors (Lipinski definition) is 8. The van der Waals surface area contributed by atoms with Gasteiger partial charge in [0.1, 0.15) is 17.4 Å². The number of phenols is 1. The van der Waals surface area contributed by atoms with Gasteiger partial charge in [-0.1, -0.05) is 54.6 Å². The van der Waals surface area contributed by atoms with E-state index in [1.165, 1.54) is 6.26 Å². The number of nitrogens with one attached hydrogen (secondary N) is 1. The minimum atomic E-state index is -1.23. The summed E-state index contributed by atoms with van der Waals surface area (Å²) in [7, 11) is 0. The molecule has 1 amide bonds. The molecule has 9 nitrogen and oxygen atoms in total. The quantitative estimate of drug-likeness (QED) is 0.124. The van der Waals surface area contributed by atoms with Crippen molar-refractivity contribution in [1.82, 2.24) is 5.43 Å². The van der Waals surface area contributed by atoms with Crippen molar-refractivity contribution >= 4 is 17.8 Å². The molecule has 0 atom stereocenters. The van der Waals surface area contributed by atoms with Crippen LogP contribution in [0.5, 0.6) is 5.75 Å². The maximum absolute atomic E-state index is 12.9. The van der Waals surface area contributed by atoms with E-state index in [4.69, 9.17) is 15.0 Å². The van der Waals surface area contributed by atoms with Gasteiger partial charge in [0.05, 0.1) is 17.4 Å². The van der Waals surface area contributed by atoms with Crippen LogP contribution in [-0.4, -0.2) is 23.0 Å². The molecule has 0 fully saturated rings. The lowest BCUT2D eigenvalue weighted by atomic mass is 9.95. The van der Waals surface area contributed by atoms with Gasteiger partial charge in [0.15, 0.2) is 0 Å². The number of aromatic hydroxyl groups is 1. The molecule has 0 saturated heterocycles. The van der Waals surface area contributed by atoms with Gasteiger partial charge in [0.2, 0.25) is 5.76 Å². The van der Waals surface area contributed by atoms with Crippen LogP contribution in [0.3, 0.4) is 0 Å². The predicted octanol–water partition coefficient (Wildman–Crippen LogP) is 3.72. The van der Waals surface area contributed by atoms with E-state index >= 15 is 0 Å². The summed E-state index contributed by atoms with van der Waals surface area (Å²) in [6, 6.07) is 22.5. The third-order valence-corrected chi connectivity index (χ3v) is 5.45. The van der Waals surface area contributed by atoms with Gasteiger partial charge in [-0.3, -0.25) is 10.2 Å². The molecule has 9 heteroatoms. The normalized spacial score (nSPS) is 10.3. The highest BCUT2D eigenvalue weighted by Gasteiger charge is 2.28. The van der Waals surface area contributed by atoms with Crippen molar-refractivity contribution < 1.29 is 28.6 Å². The number of esters is 2. The summed E-state index contributed by atoms with van der Waals surface area (Å²) in [6.45, 7) is 0. The van der Waals surface area contributed by atoms with Crippen molar-refractivity contribution in [2.75, 3.05) is 0 Å². The molecule has 1 heterocycles. The largest absolute Gasteiger partial charge is 0.507 e. The Hall–Kier alpha value is -5.20. The number of rotatable bonds is 6. The minimum Gasteiger partial charge on any atom is -0.507 e. The lowest BCUT2D eigenvalue weighted by Crippen LogP contribution is -2.32. The third-order valence-electron chi connectivity index (χ3n) is 5.45. The molecule has 0 aliphatic carbocycles. The van der Waals surface area contributed by atoms with Gasteiger partial charge < -0.3 is 14.3 Å². The molecule has 1 aromatic heterocycles. The lowest BCUT2D eigenvalue weighted by molar-refractivity contribution is 0.0374. The first kappa shape index (κ1) is 23.9. The third kappa shape index (κ3) is 4.70. The molecule has 4 aromatic rings. The molecule has 0 saturated carbocycles. The first-order valence-electron chi connectivity index (χ1n) is 10.7. The van der Waals surface area contributed by atoms with E-state index in [1.54, 1.807) is 17.6 Å². The Bertz CT molecular complexity index is 1500. The number of nitrogens with two attached hydrogens (primary N) is 1. The van der Waals surface area contributed by atoms with Crippen LogP contribution < -0.4 is 11.3 Å². The van der Waals surface area contributed by atoms with E-state index in [0.29, 0.717) is 17.5 Å². The monoisotopic (exact) mass is 481 g/mol. The summed E-state index contributed by atoms with van der Waals surface area (Å²) in [5.74, 6) is 1.06. The van der Waals surface area contributed by atoms with Crippen LogP contribution in [0.25, 0.3) is 11.1 Å². The highest BCUT2D eigenvalue weighted by molar-refractivity contribution is 6.11. The van der Waals surface area contributed by atoms with Crippen LogP contribution in [0.2, 0.25) is 0 Å². The summed E-state index contributed by atoms with van der Waals surface area (Å²) in [5.41, 5.74) is 3.48. The topological polar surface area (TPSA) is 156 Å². The van der Waals surface area contributed by atoms with Crippen molar-refractivity contribution in [2.24, 2.45) is 5.84 Å². The summed E-state index contributed by atoms with van der Waals surface area (Å²) < 4.78 is 10.4. The average molecular weight is 481 g/mol. The second-order valence-electron chi connectivity index (χ2n) is 7.63. The Labute approximate surface area is 205 Å². The first-order chi connectivity index (χ1) is 17.4. The number of ether oxygens (including phenoxy) is 1. The molecule has 3 aromatic carbocycles. The molecule has 4 N–H and O–H groups in total. The molecule has 0 radical (unpaired) electrons. The van der Waals surface area contributed by atoms with Crippen molar-refractivity contribution in [3.05, 3.63) is 113 Å². The average Bonchev–Trinajstić information content (AvgIpc) is 3.39. The van der Waals surface area contributed by atoms with Crippen LogP contribution in [0, 0.1) is 11.3 Å². The SMILES string of the molecule is N#Cc1c(O)ccc(C(=O)OC(=O)c2occc2-c2ccccc2Cc2ccccc2)c1C(=O)NN. The van der Waals surface area contributed by atoms with Gasteiger partial charge in [-0.25, -0.2) is 15.4 Å². The Morgan fingerprint density at radius 2 is 1.67 bits per heavy atom. The second kappa shape index (κ2) is 10.4. The molecular formula is C27H19N3O6. The van der Waals surface area contributed by atoms with Crippen molar-refractivity contribution in [3.8, 4) is 22.9 Å². The molecule has 0 aliphatic heterocycles. The van der Waals surface area contributed by atoms with Gasteiger partial charge in [0.25, 0.3) is 5.91 Å². The molecule has 0 unspecified atom stereocenters. The zero-order valence-electron chi connectivity index (χ0n) is 18.7. The second-order valence-corrected chi connectivity index (χ2v) is 7.63. The maximum Gasteiger partial charge on any atom is 0.382 e. The standard InChI is InChI=1S/C27H19N3O6/c28-15-21-22(31)11-10-20(23(21)25(32)30-29)26(33)36-27(34)24-19(12-13-35-24)18-9-5-4-8-17(18)14-16-6-2-1-3-7-16/h1-13,31H,14,29H2,(H,30,32). The van der Waals surface area contributed by atoms with Crippen molar-refractivity contribution in [2.45, 2.75) is 6.42 Å². The first-order valence-corrected chi connectivity index (χ1v) is 10.7. The number of carbonyl (C=O) groups is 3. The zero-order chi connectivity index (χ0) is 25.7. The van der Waals surface area contributed by atoms with E-state index in [2.05, 4.69) is 0 Å². The number of nitriles is 1. The molecule has 0 spiro atoms. The number of phenolic OH excluding ortho intramolecular Hbond substituents is 1. The van der Waals surface area contributed by atoms with Gasteiger partial charge in [-0.2, -0.15) is 5.26 Å². The van der Waals surface area contributed by atoms with Crippen LogP contribution >= 0.6 is 0 Å². The smallest absolute Gasteiger partial charge is 0.382 e. The number of furan rings is 1. The summed E-state index contributed by atoms with van der Waals surface area (Å²) >= 11 is 0. The van der Waals surface area contributed by atoms with Gasteiger partial charge in [-0.05, 0) is 41.3 Å². The Morgan fingerprint density at radius 3 is 2.39 bits per heavy atom. The fourth-order valence-corrected chi connectivity index (χ4v) is 3.80. The van der Waals surface area contributed by atoms with Crippen LogP contribution in [0.4, 0.5) is 0 Å². The van der Waals surface area contributed by atoms with Crippen molar-refractivity contribution in [3.63, 3.8) is 0 Å². The van der Waals surface area contributed by atoms with E-state index in [-0.39, 0.29) is 5.76 Å². The number of carbonyl (C=O) groups excluding carboxylic acids is 3. The fraction of sp³-hybridized carbons (Fsp3) is 0.0370. The van der Waals surface area contributed by atoms with E-state index in [1.807, 2.05) is 54.6 Å². The molecule has 0 aliphatic rings. The minimum absolute atomic E-state index is 0.215. The van der Waals surface area contributed by atoms with E-state index in [0.717, 1.165) is 23.3 Å². The van der Waals surface area contributed by atoms with Crippen LogP contribution in [0.1, 0.15) is 48.0 Å². The molecular weight excluding hydrogens is 462 g/mol. The Kier molecular flexibility index (Phi) is 6.90. The number of nitrogen functional groups attached to an aromatic ring is 1. The van der Waals surface area contributed by atoms with Crippen LogP contribution in [0.15, 0.2) is 83.5 Å². The maximum atomic E-state index is 12.9. The number of hydrazine groups is 1. The predicted molar refractivity (Wildman–Crippen MR) is 128 cm³/mol. The highest BCUT2D eigenvalue weighted by atomic mass is 16.6. The van der Waals surface area contributed by atoms with Crippen LogP contribution in [-0.2, 0) is 11.2 Å². The number of amides is 1. The highest BCUT2D eigenvalue weighted by Crippen LogP contribution is 2.31. The zero-order valence-corrected chi connectivity index (χ0v) is 18.7. The number of hydrogen-bond donors (Lipinski definition) is 3. The van der Waals surface area contributed by atoms with E-state index in [9.17, 15) is 24.8 Å². The summed E-state index contributed by atoms with van der Waals surface area (Å²) in [6.07, 6.45) is 1.90. The van der Waals surface area contributed by atoms with Crippen molar-refractivity contribution in [1.29, 1.82) is 5.26 Å². The molecule has 4 rings (SSSR count). The molecule has 0 bridgehead atoms. The Morgan fingerprint density at radius 1 is 0.944 bits per heavy atom. The number of benzene rings is 3. The van der Waals surface area contributed by atoms with E-state index < -0.39 is 40.3 Å². The van der Waals surface area contributed by atoms with Gasteiger partial charge in [0, 0.05) is 5.56 Å². The lowest BCUT2D eigenvalue weighted by Gasteiger charge is -2.11. The summed E-state index contributed by atoms with van der Waals surface area (Å²) in [4.78, 5) is 38.0. The Balaban J connectivity index is 1.65. The van der Waals surface area contributed by atoms with Gasteiger partial charge in [-0.15, -0.1) is 0 Å². The summed E-state index contributed by atoms with van der Waals surface area (Å²) in [5, 5.41) is 19.2. The number of nitrogens with zero attached hydrogens (tertiary/aromatic N) is 1.